The van der Waals surface area contributed by atoms with Crippen molar-refractivity contribution in [3.63, 3.8) is 0 Å². The van der Waals surface area contributed by atoms with Crippen molar-refractivity contribution in [1.29, 1.82) is 0 Å². The molecule has 0 aliphatic heterocycles. The molecule has 1 N–H and O–H groups in total. The Morgan fingerprint density at radius 1 is 1.36 bits per heavy atom. The number of para-hydroxylation sites is 1. The van der Waals surface area contributed by atoms with Gasteiger partial charge in [0.05, 0.1) is 0 Å². The molecule has 2 nitrogen and oxygen atoms in total. The number of rotatable bonds is 1. The summed E-state index contributed by atoms with van der Waals surface area (Å²) in [6, 6.07) is 9.42. The van der Waals surface area contributed by atoms with Gasteiger partial charge >= 0.3 is 0 Å². The van der Waals surface area contributed by atoms with E-state index in [0.717, 1.165) is 5.75 Å². The summed E-state index contributed by atoms with van der Waals surface area (Å²) in [5.41, 5.74) is 0. The molecule has 0 aliphatic carbocycles. The first-order valence-electron chi connectivity index (χ1n) is 3.27. The van der Waals surface area contributed by atoms with Crippen molar-refractivity contribution in [2.45, 2.75) is 0 Å². The molecule has 1 rings (SSSR count). The SMILES string of the molecule is CNC(=S)Oc1ccccc1. The van der Waals surface area contributed by atoms with Gasteiger partial charge in [-0.2, -0.15) is 0 Å². The minimum absolute atomic E-state index is 0.385. The van der Waals surface area contributed by atoms with E-state index in [1.807, 2.05) is 30.3 Å². The smallest absolute Gasteiger partial charge is 0.261 e. The fourth-order valence-electron chi connectivity index (χ4n) is 0.647. The highest BCUT2D eigenvalue weighted by atomic mass is 32.1. The maximum Gasteiger partial charge on any atom is 0.261 e. The summed E-state index contributed by atoms with van der Waals surface area (Å²) in [7, 11) is 1.73. The summed E-state index contributed by atoms with van der Waals surface area (Å²) < 4.78 is 5.18. The Labute approximate surface area is 71.2 Å². The lowest BCUT2D eigenvalue weighted by atomic mass is 10.3. The van der Waals surface area contributed by atoms with Crippen LogP contribution < -0.4 is 10.1 Å². The third-order valence-corrected chi connectivity index (χ3v) is 1.45. The zero-order chi connectivity index (χ0) is 8.10. The highest BCUT2D eigenvalue weighted by Crippen LogP contribution is 2.07. The highest BCUT2D eigenvalue weighted by Gasteiger charge is 1.93. The van der Waals surface area contributed by atoms with Crippen LogP contribution in [0.3, 0.4) is 0 Å². The second-order valence-electron chi connectivity index (χ2n) is 1.95. The number of nitrogens with one attached hydrogen (secondary N) is 1. The number of ether oxygens (including phenoxy) is 1. The largest absolute Gasteiger partial charge is 0.432 e. The lowest BCUT2D eigenvalue weighted by Gasteiger charge is -2.04. The van der Waals surface area contributed by atoms with Crippen LogP contribution in [0.25, 0.3) is 0 Å². The van der Waals surface area contributed by atoms with Gasteiger partial charge in [-0.05, 0) is 24.4 Å². The third-order valence-electron chi connectivity index (χ3n) is 1.16. The van der Waals surface area contributed by atoms with Crippen LogP contribution in [0.4, 0.5) is 0 Å². The Bertz CT molecular complexity index is 235. The van der Waals surface area contributed by atoms with E-state index in [-0.39, 0.29) is 0 Å². The summed E-state index contributed by atoms with van der Waals surface area (Å²) >= 11 is 4.80. The highest BCUT2D eigenvalue weighted by molar-refractivity contribution is 7.80. The van der Waals surface area contributed by atoms with Gasteiger partial charge < -0.3 is 10.1 Å². The van der Waals surface area contributed by atoms with Crippen molar-refractivity contribution < 1.29 is 4.74 Å². The molecule has 0 spiro atoms. The maximum absolute atomic E-state index is 5.18. The van der Waals surface area contributed by atoms with Crippen molar-refractivity contribution in [2.75, 3.05) is 7.05 Å². The van der Waals surface area contributed by atoms with Gasteiger partial charge in [0.1, 0.15) is 5.75 Å². The Morgan fingerprint density at radius 3 is 2.55 bits per heavy atom. The van der Waals surface area contributed by atoms with Crippen molar-refractivity contribution in [2.24, 2.45) is 0 Å². The van der Waals surface area contributed by atoms with Crippen molar-refractivity contribution in [1.82, 2.24) is 5.32 Å². The summed E-state index contributed by atoms with van der Waals surface area (Å²) in [4.78, 5) is 0. The molecule has 1 aromatic rings. The lowest BCUT2D eigenvalue weighted by molar-refractivity contribution is 0.542. The van der Waals surface area contributed by atoms with Crippen LogP contribution in [0.2, 0.25) is 0 Å². The predicted molar refractivity (Wildman–Crippen MR) is 48.7 cm³/mol. The van der Waals surface area contributed by atoms with Crippen molar-refractivity contribution >= 4 is 17.4 Å². The van der Waals surface area contributed by atoms with Crippen molar-refractivity contribution in [3.8, 4) is 5.75 Å². The summed E-state index contributed by atoms with van der Waals surface area (Å²) in [5.74, 6) is 0.756. The molecule has 3 heteroatoms. The number of hydrogen-bond donors (Lipinski definition) is 1. The quantitative estimate of drug-likeness (QED) is 0.641. The van der Waals surface area contributed by atoms with Crippen LogP contribution in [0.1, 0.15) is 0 Å². The van der Waals surface area contributed by atoms with E-state index in [9.17, 15) is 0 Å². The molecule has 0 aromatic heterocycles. The fourth-order valence-corrected chi connectivity index (χ4v) is 0.743. The first-order valence-corrected chi connectivity index (χ1v) is 3.68. The predicted octanol–water partition coefficient (Wildman–Crippen LogP) is 1.57. The number of thiocarbonyl (C=S) groups is 1. The van der Waals surface area contributed by atoms with Gasteiger partial charge in [-0.3, -0.25) is 0 Å². The van der Waals surface area contributed by atoms with E-state index < -0.39 is 0 Å². The normalized spacial score (nSPS) is 8.82. The summed E-state index contributed by atoms with van der Waals surface area (Å²) in [5, 5.41) is 3.11. The molecule has 0 unspecified atom stereocenters. The van der Waals surface area contributed by atoms with E-state index >= 15 is 0 Å². The molecule has 1 aromatic carbocycles. The van der Waals surface area contributed by atoms with Gasteiger partial charge in [0.25, 0.3) is 5.17 Å². The second kappa shape index (κ2) is 3.93. The molecular formula is C8H9NOS. The Hall–Kier alpha value is -1.09. The molecule has 0 heterocycles. The lowest BCUT2D eigenvalue weighted by Crippen LogP contribution is -2.21. The van der Waals surface area contributed by atoms with Crippen LogP contribution in [-0.4, -0.2) is 12.2 Å². The molecule has 58 valence electrons. The Morgan fingerprint density at radius 2 is 2.00 bits per heavy atom. The summed E-state index contributed by atoms with van der Waals surface area (Å²) in [6.07, 6.45) is 0. The van der Waals surface area contributed by atoms with Gasteiger partial charge in [-0.15, -0.1) is 0 Å². The van der Waals surface area contributed by atoms with Gasteiger partial charge in [-0.25, -0.2) is 0 Å². The zero-order valence-corrected chi connectivity index (χ0v) is 7.02. The molecule has 0 fully saturated rings. The molecule has 0 saturated carbocycles. The molecule has 0 amide bonds. The minimum atomic E-state index is 0.385. The van der Waals surface area contributed by atoms with Crippen LogP contribution in [-0.2, 0) is 0 Å². The average molecular weight is 167 g/mol. The topological polar surface area (TPSA) is 21.3 Å². The molecule has 0 atom stereocenters. The fraction of sp³-hybridized carbons (Fsp3) is 0.125. The maximum atomic E-state index is 5.18. The van der Waals surface area contributed by atoms with E-state index in [0.29, 0.717) is 5.17 Å². The van der Waals surface area contributed by atoms with Gasteiger partial charge in [0.2, 0.25) is 0 Å². The monoisotopic (exact) mass is 167 g/mol. The minimum Gasteiger partial charge on any atom is -0.432 e. The Balaban J connectivity index is 2.58. The van der Waals surface area contributed by atoms with Crippen LogP contribution in [0.5, 0.6) is 5.75 Å². The molecule has 11 heavy (non-hydrogen) atoms. The Kier molecular flexibility index (Phi) is 2.86. The van der Waals surface area contributed by atoms with E-state index in [1.165, 1.54) is 0 Å². The zero-order valence-electron chi connectivity index (χ0n) is 6.20. The van der Waals surface area contributed by atoms with Crippen LogP contribution in [0, 0.1) is 0 Å². The van der Waals surface area contributed by atoms with Gasteiger partial charge in [-0.1, -0.05) is 18.2 Å². The van der Waals surface area contributed by atoms with E-state index in [2.05, 4.69) is 5.32 Å². The second-order valence-corrected chi connectivity index (χ2v) is 2.32. The van der Waals surface area contributed by atoms with E-state index in [1.54, 1.807) is 7.05 Å². The molecule has 0 radical (unpaired) electrons. The first kappa shape index (κ1) is 8.01. The van der Waals surface area contributed by atoms with E-state index in [4.69, 9.17) is 17.0 Å². The average Bonchev–Trinajstić information content (AvgIpc) is 2.06. The van der Waals surface area contributed by atoms with Crippen LogP contribution >= 0.6 is 12.2 Å². The van der Waals surface area contributed by atoms with Gasteiger partial charge in [0, 0.05) is 7.05 Å². The molecule has 0 aliphatic rings. The first-order chi connectivity index (χ1) is 5.33. The third kappa shape index (κ3) is 2.55. The number of hydrogen-bond acceptors (Lipinski definition) is 2. The van der Waals surface area contributed by atoms with Gasteiger partial charge in [0.15, 0.2) is 0 Å². The van der Waals surface area contributed by atoms with Crippen molar-refractivity contribution in [3.05, 3.63) is 30.3 Å². The summed E-state index contributed by atoms with van der Waals surface area (Å²) in [6.45, 7) is 0. The molecular weight excluding hydrogens is 158 g/mol. The number of benzene rings is 1. The molecule has 0 bridgehead atoms. The van der Waals surface area contributed by atoms with Crippen LogP contribution in [0.15, 0.2) is 30.3 Å². The standard InChI is InChI=1S/C8H9NOS/c1-9-8(11)10-7-5-3-2-4-6-7/h2-6H,1H3,(H,9,11). The molecule has 0 saturated heterocycles.